The minimum atomic E-state index is -0.317. The normalized spacial score (nSPS) is 24.1. The van der Waals surface area contributed by atoms with Crippen molar-refractivity contribution in [2.24, 2.45) is 0 Å². The number of halogens is 2. The summed E-state index contributed by atoms with van der Waals surface area (Å²) in [5, 5.41) is 2.54. The smallest absolute Gasteiger partial charge is 0.0725 e. The van der Waals surface area contributed by atoms with Crippen molar-refractivity contribution >= 4 is 42.6 Å². The Morgan fingerprint density at radius 2 is 0.808 bits per heavy atom. The zero-order valence-electron chi connectivity index (χ0n) is 14.0. The fourth-order valence-electron chi connectivity index (χ4n) is 4.16. The van der Waals surface area contributed by atoms with E-state index in [2.05, 4.69) is 129 Å². The number of hydrogen-bond donors (Lipinski definition) is 0. The van der Waals surface area contributed by atoms with Crippen LogP contribution in [0.3, 0.4) is 0 Å². The molecule has 26 heavy (non-hydrogen) atoms. The van der Waals surface area contributed by atoms with Gasteiger partial charge in [-0.15, -0.1) is 0 Å². The third kappa shape index (κ3) is 2.00. The van der Waals surface area contributed by atoms with Crippen LogP contribution in [0.5, 0.6) is 0 Å². The van der Waals surface area contributed by atoms with E-state index < -0.39 is 0 Å². The molecule has 0 saturated carbocycles. The lowest BCUT2D eigenvalue weighted by Gasteiger charge is -2.55. The van der Waals surface area contributed by atoms with Gasteiger partial charge in [0.1, 0.15) is 0 Å². The molecule has 0 saturated heterocycles. The summed E-state index contributed by atoms with van der Waals surface area (Å²) in [4.78, 5) is 0. The molecule has 1 aliphatic rings. The summed E-state index contributed by atoms with van der Waals surface area (Å²) in [6.07, 6.45) is 0. The van der Waals surface area contributed by atoms with Crippen LogP contribution >= 0.6 is 31.9 Å². The molecule has 0 heterocycles. The molecule has 5 rings (SSSR count). The third-order valence-corrected chi connectivity index (χ3v) is 8.94. The van der Waals surface area contributed by atoms with Crippen LogP contribution in [0.25, 0.3) is 10.8 Å². The number of alkyl halides is 2. The summed E-state index contributed by atoms with van der Waals surface area (Å²) in [5.74, 6) is 0. The first-order valence-corrected chi connectivity index (χ1v) is 10.3. The van der Waals surface area contributed by atoms with Crippen LogP contribution < -0.4 is 0 Å². The molecule has 0 spiro atoms. The van der Waals surface area contributed by atoms with E-state index in [0.29, 0.717) is 0 Å². The van der Waals surface area contributed by atoms with Gasteiger partial charge in [-0.3, -0.25) is 0 Å². The molecule has 0 nitrogen and oxygen atoms in total. The van der Waals surface area contributed by atoms with E-state index in [1.807, 2.05) is 0 Å². The van der Waals surface area contributed by atoms with Crippen molar-refractivity contribution in [1.82, 2.24) is 0 Å². The van der Waals surface area contributed by atoms with Crippen LogP contribution in [0.1, 0.15) is 22.3 Å². The number of rotatable bonds is 2. The zero-order valence-corrected chi connectivity index (χ0v) is 17.2. The average Bonchev–Trinajstić information content (AvgIpc) is 2.73. The Kier molecular flexibility index (Phi) is 3.63. The van der Waals surface area contributed by atoms with Gasteiger partial charge < -0.3 is 0 Å². The Morgan fingerprint density at radius 3 is 1.19 bits per heavy atom. The summed E-state index contributed by atoms with van der Waals surface area (Å²) in [5.41, 5.74) is 5.15. The van der Waals surface area contributed by atoms with Crippen LogP contribution in [0, 0.1) is 0 Å². The lowest BCUT2D eigenvalue weighted by atomic mass is 9.61. The van der Waals surface area contributed by atoms with Gasteiger partial charge in [0, 0.05) is 0 Å². The molecule has 4 aromatic carbocycles. The van der Waals surface area contributed by atoms with Crippen LogP contribution in [0.4, 0.5) is 0 Å². The van der Waals surface area contributed by atoms with Gasteiger partial charge >= 0.3 is 0 Å². The largest absolute Gasteiger partial charge is 0.0993 e. The third-order valence-electron chi connectivity index (χ3n) is 5.45. The standard InChI is InChI=1S/C24H16Br2/c25-23(19-11-3-1-4-12-19)21-15-17-9-7-8-10-18(17)16-22(21)24(23,26)20-13-5-2-6-14-20/h1-16H. The maximum Gasteiger partial charge on any atom is 0.0993 e. The van der Waals surface area contributed by atoms with Gasteiger partial charge in [0.15, 0.2) is 0 Å². The highest BCUT2D eigenvalue weighted by atomic mass is 79.9. The predicted molar refractivity (Wildman–Crippen MR) is 116 cm³/mol. The molecule has 4 aromatic rings. The molecule has 0 aliphatic heterocycles. The van der Waals surface area contributed by atoms with Gasteiger partial charge in [-0.05, 0) is 45.2 Å². The molecular formula is C24H16Br2. The second-order valence-corrected chi connectivity index (χ2v) is 9.17. The van der Waals surface area contributed by atoms with E-state index in [-0.39, 0.29) is 8.65 Å². The molecule has 0 bridgehead atoms. The van der Waals surface area contributed by atoms with Gasteiger partial charge in [0.05, 0.1) is 8.65 Å². The first-order chi connectivity index (χ1) is 12.7. The molecule has 2 heteroatoms. The van der Waals surface area contributed by atoms with Crippen molar-refractivity contribution in [3.05, 3.63) is 119 Å². The maximum atomic E-state index is 4.17. The van der Waals surface area contributed by atoms with Crippen LogP contribution in [-0.2, 0) is 8.65 Å². The predicted octanol–water partition coefficient (Wildman–Crippen LogP) is 7.13. The first-order valence-electron chi connectivity index (χ1n) is 8.68. The fourth-order valence-corrected chi connectivity index (χ4v) is 6.23. The Bertz CT molecular complexity index is 1010. The van der Waals surface area contributed by atoms with E-state index in [4.69, 9.17) is 0 Å². The van der Waals surface area contributed by atoms with E-state index in [0.717, 1.165) is 0 Å². The highest BCUT2D eigenvalue weighted by Crippen LogP contribution is 2.69. The molecular weight excluding hydrogens is 448 g/mol. The van der Waals surface area contributed by atoms with Crippen molar-refractivity contribution < 1.29 is 0 Å². The summed E-state index contributed by atoms with van der Waals surface area (Å²) >= 11 is 8.35. The van der Waals surface area contributed by atoms with Gasteiger partial charge in [0.2, 0.25) is 0 Å². The minimum Gasteiger partial charge on any atom is -0.0725 e. The van der Waals surface area contributed by atoms with Crippen molar-refractivity contribution in [2.45, 2.75) is 8.65 Å². The number of fused-ring (bicyclic) bond motifs is 2. The lowest BCUT2D eigenvalue weighted by Crippen LogP contribution is -2.52. The molecule has 0 amide bonds. The topological polar surface area (TPSA) is 0 Å². The zero-order chi connectivity index (χ0) is 17.8. The van der Waals surface area contributed by atoms with Gasteiger partial charge in [-0.2, -0.15) is 0 Å². The molecule has 0 N–H and O–H groups in total. The highest BCUT2D eigenvalue weighted by molar-refractivity contribution is 9.12. The Morgan fingerprint density at radius 1 is 0.462 bits per heavy atom. The first kappa shape index (κ1) is 16.3. The summed E-state index contributed by atoms with van der Waals surface area (Å²) < 4.78 is -0.635. The molecule has 0 fully saturated rings. The SMILES string of the molecule is BrC1(c2ccccc2)c2cc3ccccc3cc2C1(Br)c1ccccc1. The second-order valence-electron chi connectivity index (χ2n) is 6.79. The van der Waals surface area contributed by atoms with Crippen molar-refractivity contribution in [3.8, 4) is 0 Å². The lowest BCUT2D eigenvalue weighted by molar-refractivity contribution is 0.528. The van der Waals surface area contributed by atoms with Crippen molar-refractivity contribution in [1.29, 1.82) is 0 Å². The minimum absolute atomic E-state index is 0.317. The molecule has 0 radical (unpaired) electrons. The molecule has 0 aromatic heterocycles. The Balaban J connectivity index is 1.86. The quantitative estimate of drug-likeness (QED) is 0.277. The fraction of sp³-hybridized carbons (Fsp3) is 0.0833. The summed E-state index contributed by atoms with van der Waals surface area (Å²) in [6.45, 7) is 0. The molecule has 2 atom stereocenters. The number of hydrogen-bond acceptors (Lipinski definition) is 0. The monoisotopic (exact) mass is 462 g/mol. The van der Waals surface area contributed by atoms with E-state index in [9.17, 15) is 0 Å². The second kappa shape index (κ2) is 5.80. The molecule has 126 valence electrons. The van der Waals surface area contributed by atoms with Crippen molar-refractivity contribution in [3.63, 3.8) is 0 Å². The van der Waals surface area contributed by atoms with E-state index >= 15 is 0 Å². The van der Waals surface area contributed by atoms with E-state index in [1.165, 1.54) is 33.0 Å². The maximum absolute atomic E-state index is 4.17. The summed E-state index contributed by atoms with van der Waals surface area (Å²) in [7, 11) is 0. The van der Waals surface area contributed by atoms with Gasteiger partial charge in [0.25, 0.3) is 0 Å². The van der Waals surface area contributed by atoms with Crippen LogP contribution in [-0.4, -0.2) is 0 Å². The Hall–Kier alpha value is -1.90. The molecule has 1 aliphatic carbocycles. The average molecular weight is 464 g/mol. The van der Waals surface area contributed by atoms with Gasteiger partial charge in [-0.1, -0.05) is 117 Å². The number of benzene rings is 4. The van der Waals surface area contributed by atoms with Crippen LogP contribution in [0.2, 0.25) is 0 Å². The van der Waals surface area contributed by atoms with Gasteiger partial charge in [-0.25, -0.2) is 0 Å². The van der Waals surface area contributed by atoms with Crippen molar-refractivity contribution in [2.75, 3.05) is 0 Å². The van der Waals surface area contributed by atoms with E-state index in [1.54, 1.807) is 0 Å². The Labute approximate surface area is 170 Å². The highest BCUT2D eigenvalue weighted by Gasteiger charge is 2.62. The molecule has 2 unspecified atom stereocenters. The summed E-state index contributed by atoms with van der Waals surface area (Å²) in [6, 6.07) is 34.6. The van der Waals surface area contributed by atoms with Crippen LogP contribution in [0.15, 0.2) is 97.1 Å².